The molecule has 31 heavy (non-hydrogen) atoms. The molecule has 6 N–H and O–H groups in total. The van der Waals surface area contributed by atoms with Gasteiger partial charge in [-0.2, -0.15) is 0 Å². The van der Waals surface area contributed by atoms with Gasteiger partial charge in [-0.25, -0.2) is 0 Å². The lowest BCUT2D eigenvalue weighted by Crippen LogP contribution is -2.65. The van der Waals surface area contributed by atoms with Crippen LogP contribution in [0, 0.1) is 11.8 Å². The maximum Gasteiger partial charge on any atom is 0.255 e. The molecule has 163 valence electrons. The number of nitrogens with zero attached hydrogens (tertiary/aromatic N) is 1. The number of hydrogen-bond donors (Lipinski definition) is 5. The quantitative estimate of drug-likeness (QED) is 0.410. The Kier molecular flexibility index (Phi) is 4.42. The van der Waals surface area contributed by atoms with Gasteiger partial charge >= 0.3 is 0 Å². The summed E-state index contributed by atoms with van der Waals surface area (Å²) >= 11 is 0. The summed E-state index contributed by atoms with van der Waals surface area (Å²) in [5, 5.41) is 55.4. The number of Topliss-reactive ketones (excluding diaryl/α,β-unsaturated/α-hetero) is 2. The number of aliphatic hydroxyl groups is 3. The first-order valence-corrected chi connectivity index (χ1v) is 9.59. The van der Waals surface area contributed by atoms with E-state index in [1.54, 1.807) is 0 Å². The number of amides is 1. The van der Waals surface area contributed by atoms with Crippen molar-refractivity contribution in [2.45, 2.75) is 24.5 Å². The van der Waals surface area contributed by atoms with Gasteiger partial charge in [-0.15, -0.1) is 0 Å². The number of phenolic OH excluding ortho intramolecular Hbond substituents is 1. The molecule has 1 aromatic carbocycles. The molecule has 0 heterocycles. The van der Waals surface area contributed by atoms with Gasteiger partial charge in [-0.05, 0) is 45.0 Å². The maximum absolute atomic E-state index is 13.5. The zero-order chi connectivity index (χ0) is 23.0. The molecule has 0 spiro atoms. The summed E-state index contributed by atoms with van der Waals surface area (Å²) in [6.07, 6.45) is -0.0668. The van der Waals surface area contributed by atoms with Crippen molar-refractivity contribution in [3.63, 3.8) is 0 Å². The van der Waals surface area contributed by atoms with Crippen LogP contribution >= 0.6 is 0 Å². The summed E-state index contributed by atoms with van der Waals surface area (Å²) in [7, 11) is 3.03. The highest BCUT2D eigenvalue weighted by molar-refractivity contribution is 6.24. The van der Waals surface area contributed by atoms with Gasteiger partial charge in [0.1, 0.15) is 22.8 Å². The summed E-state index contributed by atoms with van der Waals surface area (Å²) in [6.45, 7) is 0. The van der Waals surface area contributed by atoms with Gasteiger partial charge < -0.3 is 26.2 Å². The van der Waals surface area contributed by atoms with Crippen molar-refractivity contribution < 1.29 is 39.9 Å². The fourth-order valence-electron chi connectivity index (χ4n) is 5.22. The van der Waals surface area contributed by atoms with Crippen molar-refractivity contribution in [2.24, 2.45) is 17.6 Å². The van der Waals surface area contributed by atoms with Crippen LogP contribution in [-0.4, -0.2) is 68.5 Å². The number of aromatic hydroxyl groups is 1. The average molecular weight is 429 g/mol. The van der Waals surface area contributed by atoms with Gasteiger partial charge in [0.15, 0.2) is 17.1 Å². The molecule has 10 nitrogen and oxygen atoms in total. The van der Waals surface area contributed by atoms with Gasteiger partial charge in [0.05, 0.1) is 11.6 Å². The number of fused-ring (bicyclic) bond motifs is 3. The number of primary amides is 1. The second-order valence-electron chi connectivity index (χ2n) is 8.40. The van der Waals surface area contributed by atoms with Crippen LogP contribution in [0.1, 0.15) is 17.5 Å². The van der Waals surface area contributed by atoms with Crippen LogP contribution in [0.3, 0.4) is 0 Å². The number of likely N-dealkylation sites (N-methyl/N-ethyl adjacent to an activating group) is 1. The molecule has 0 aromatic heterocycles. The van der Waals surface area contributed by atoms with Crippen molar-refractivity contribution in [3.8, 4) is 11.5 Å². The van der Waals surface area contributed by atoms with Crippen molar-refractivity contribution in [3.05, 3.63) is 40.2 Å². The van der Waals surface area contributed by atoms with Crippen molar-refractivity contribution in [1.29, 1.82) is 0 Å². The molecule has 1 fully saturated rings. The molecule has 3 aliphatic carbocycles. The molecule has 10 heteroatoms. The molecule has 1 aromatic rings. The Morgan fingerprint density at radius 3 is 2.42 bits per heavy atom. The van der Waals surface area contributed by atoms with Crippen LogP contribution < -0.4 is 5.73 Å². The number of benzene rings is 1. The summed E-state index contributed by atoms with van der Waals surface area (Å²) in [5.74, 6) is -7.82. The molecule has 0 saturated heterocycles. The van der Waals surface area contributed by atoms with Crippen LogP contribution in [0.5, 0.6) is 11.5 Å². The monoisotopic (exact) mass is 429 g/mol. The van der Waals surface area contributed by atoms with Crippen LogP contribution in [0.4, 0.5) is 0 Å². The molecular formula is C21H21N2O8. The van der Waals surface area contributed by atoms with E-state index < -0.39 is 69.5 Å². The second-order valence-corrected chi connectivity index (χ2v) is 8.40. The molecule has 1 amide bonds. The molecular weight excluding hydrogens is 408 g/mol. The Balaban J connectivity index is 1.99. The first-order chi connectivity index (χ1) is 14.4. The summed E-state index contributed by atoms with van der Waals surface area (Å²) < 4.78 is 0. The molecule has 0 aliphatic heterocycles. The van der Waals surface area contributed by atoms with E-state index in [1.807, 2.05) is 0 Å². The topological polar surface area (TPSA) is 181 Å². The van der Waals surface area contributed by atoms with E-state index in [4.69, 9.17) is 5.73 Å². The summed E-state index contributed by atoms with van der Waals surface area (Å²) in [4.78, 5) is 39.7. The van der Waals surface area contributed by atoms with Crippen LogP contribution in [0.15, 0.2) is 29.0 Å². The first kappa shape index (κ1) is 20.9. The number of nitrogens with two attached hydrogens (primary N) is 1. The average Bonchev–Trinajstić information content (AvgIpc) is 2.67. The number of aliphatic hydroxyl groups excluding tert-OH is 2. The standard InChI is InChI=1S/C21H21N2O8/c1-23(2)15-9-6-7-5-8-10(24)3-4-11(25)13(8)16(26)12(7)18(28)21(9,31)19(29)14(17(15)27)20(22)30/h3-4,7,9,15,25-26,29,31H,5-6H2,1-2H3,(H2,22,30)/t7-,9-,15-,21-/m0/s1. The molecule has 4 rings (SSSR count). The minimum atomic E-state index is -2.69. The van der Waals surface area contributed by atoms with Crippen LogP contribution in [0.25, 0.3) is 5.76 Å². The highest BCUT2D eigenvalue weighted by atomic mass is 16.3. The van der Waals surface area contributed by atoms with E-state index >= 15 is 0 Å². The van der Waals surface area contributed by atoms with Gasteiger partial charge in [0, 0.05) is 17.1 Å². The Bertz CT molecular complexity index is 1120. The third-order valence-corrected chi connectivity index (χ3v) is 6.56. The number of carbonyl (C=O) groups excluding carboxylic acids is 3. The fourth-order valence-corrected chi connectivity index (χ4v) is 5.22. The maximum atomic E-state index is 13.5. The van der Waals surface area contributed by atoms with Gasteiger partial charge in [0.2, 0.25) is 5.78 Å². The lowest BCUT2D eigenvalue weighted by molar-refractivity contribution is -0.153. The predicted molar refractivity (Wildman–Crippen MR) is 104 cm³/mol. The first-order valence-electron chi connectivity index (χ1n) is 9.59. The van der Waals surface area contributed by atoms with Gasteiger partial charge in [0.25, 0.3) is 5.91 Å². The number of hydrogen-bond acceptors (Lipinski definition) is 8. The Labute approximate surface area is 176 Å². The molecule has 3 aliphatic rings. The van der Waals surface area contributed by atoms with Crippen LogP contribution in [-0.2, 0) is 25.9 Å². The zero-order valence-electron chi connectivity index (χ0n) is 16.7. The summed E-state index contributed by atoms with van der Waals surface area (Å²) in [5.41, 5.74) is 1.32. The Hall–Kier alpha value is -3.37. The largest absolute Gasteiger partial charge is 0.508 e. The van der Waals surface area contributed by atoms with Crippen molar-refractivity contribution in [2.75, 3.05) is 14.1 Å². The molecule has 4 atom stereocenters. The normalized spacial score (nSPS) is 30.3. The minimum absolute atomic E-state index is 0.0121. The summed E-state index contributed by atoms with van der Waals surface area (Å²) in [6, 6.07) is 1.08. The second kappa shape index (κ2) is 6.56. The fraction of sp³-hybridized carbons (Fsp3) is 0.381. The Morgan fingerprint density at radius 1 is 1.19 bits per heavy atom. The SMILES string of the molecule is CN(C)[C@@H]1C(=O)C(C(N)=O)=C(O)[C@@]2(O)C(=O)C3=C(O)c4c(O)ccc([O])c4C[C@H]3C[C@@H]12. The third-order valence-electron chi connectivity index (χ3n) is 6.56. The van der Waals surface area contributed by atoms with E-state index in [0.717, 1.165) is 12.1 Å². The van der Waals surface area contributed by atoms with E-state index in [9.17, 15) is 39.9 Å². The third kappa shape index (κ3) is 2.55. The predicted octanol–water partition coefficient (Wildman–Crippen LogP) is 0.108. The number of ketones is 2. The van der Waals surface area contributed by atoms with E-state index in [2.05, 4.69) is 0 Å². The lowest BCUT2D eigenvalue weighted by Gasteiger charge is -2.50. The number of rotatable bonds is 2. The minimum Gasteiger partial charge on any atom is -0.508 e. The van der Waals surface area contributed by atoms with E-state index in [-0.39, 0.29) is 29.5 Å². The highest BCUT2D eigenvalue weighted by Gasteiger charge is 2.64. The zero-order valence-corrected chi connectivity index (χ0v) is 16.7. The lowest BCUT2D eigenvalue weighted by atomic mass is 9.57. The number of carbonyl (C=O) groups is 3. The van der Waals surface area contributed by atoms with Crippen LogP contribution in [0.2, 0.25) is 0 Å². The molecule has 0 bridgehead atoms. The molecule has 1 saturated carbocycles. The smallest absolute Gasteiger partial charge is 0.255 e. The highest BCUT2D eigenvalue weighted by Crippen LogP contribution is 2.53. The van der Waals surface area contributed by atoms with Gasteiger partial charge in [-0.3, -0.25) is 24.4 Å². The van der Waals surface area contributed by atoms with Gasteiger partial charge in [-0.1, -0.05) is 0 Å². The van der Waals surface area contributed by atoms with Crippen molar-refractivity contribution >= 4 is 23.2 Å². The Morgan fingerprint density at radius 2 is 1.84 bits per heavy atom. The van der Waals surface area contributed by atoms with E-state index in [1.165, 1.54) is 19.0 Å². The number of phenols is 1. The van der Waals surface area contributed by atoms with E-state index in [0.29, 0.717) is 0 Å². The van der Waals surface area contributed by atoms with Crippen molar-refractivity contribution in [1.82, 2.24) is 4.90 Å². The molecule has 1 radical (unpaired) electrons. The molecule has 0 unspecified atom stereocenters.